The Kier molecular flexibility index (Phi) is 7.69. The molecule has 86 valence electrons. The maximum atomic E-state index is 9.36. The Morgan fingerprint density at radius 1 is 1.21 bits per heavy atom. The SMILES string of the molecule is CCSCCC(CO)(CO)CC(C)C. The molecule has 0 aromatic carbocycles. The normalized spacial score (nSPS) is 12.4. The summed E-state index contributed by atoms with van der Waals surface area (Å²) in [4.78, 5) is 0. The Morgan fingerprint density at radius 2 is 1.79 bits per heavy atom. The molecule has 0 atom stereocenters. The highest BCUT2D eigenvalue weighted by molar-refractivity contribution is 7.99. The highest BCUT2D eigenvalue weighted by Gasteiger charge is 2.29. The van der Waals surface area contributed by atoms with Gasteiger partial charge in [-0.15, -0.1) is 0 Å². The number of hydrogen-bond acceptors (Lipinski definition) is 3. The first-order valence-corrected chi connectivity index (χ1v) is 6.55. The number of hydrogen-bond donors (Lipinski definition) is 2. The van der Waals surface area contributed by atoms with Gasteiger partial charge in [0, 0.05) is 5.41 Å². The Morgan fingerprint density at radius 3 is 2.14 bits per heavy atom. The van der Waals surface area contributed by atoms with E-state index in [0.29, 0.717) is 5.92 Å². The molecule has 0 aromatic heterocycles. The van der Waals surface area contributed by atoms with Gasteiger partial charge in [-0.05, 0) is 30.3 Å². The predicted molar refractivity (Wildman–Crippen MR) is 63.7 cm³/mol. The van der Waals surface area contributed by atoms with Crippen molar-refractivity contribution >= 4 is 11.8 Å². The van der Waals surface area contributed by atoms with Crippen LogP contribution in [0, 0.1) is 11.3 Å². The lowest BCUT2D eigenvalue weighted by molar-refractivity contribution is 0.0346. The van der Waals surface area contributed by atoms with Gasteiger partial charge in [0.15, 0.2) is 0 Å². The molecule has 0 saturated carbocycles. The maximum absolute atomic E-state index is 9.36. The van der Waals surface area contributed by atoms with Crippen molar-refractivity contribution in [3.8, 4) is 0 Å². The average Bonchev–Trinajstić information content (AvgIpc) is 2.16. The molecule has 3 heteroatoms. The highest BCUT2D eigenvalue weighted by atomic mass is 32.2. The van der Waals surface area contributed by atoms with E-state index in [9.17, 15) is 10.2 Å². The second-order valence-corrected chi connectivity index (χ2v) is 5.75. The maximum Gasteiger partial charge on any atom is 0.0509 e. The van der Waals surface area contributed by atoms with Gasteiger partial charge < -0.3 is 10.2 Å². The summed E-state index contributed by atoms with van der Waals surface area (Å²) in [5.41, 5.74) is -0.254. The first-order chi connectivity index (χ1) is 6.60. The van der Waals surface area contributed by atoms with Crippen LogP contribution in [0.5, 0.6) is 0 Å². The minimum absolute atomic E-state index is 0.103. The van der Waals surface area contributed by atoms with Crippen LogP contribution in [0.1, 0.15) is 33.6 Å². The molecule has 0 rings (SSSR count). The van der Waals surface area contributed by atoms with Crippen LogP contribution in [0.15, 0.2) is 0 Å². The third-order valence-electron chi connectivity index (χ3n) is 2.49. The van der Waals surface area contributed by atoms with E-state index in [1.165, 1.54) is 0 Å². The lowest BCUT2D eigenvalue weighted by atomic mass is 9.79. The Bertz CT molecular complexity index is 133. The lowest BCUT2D eigenvalue weighted by Crippen LogP contribution is -2.32. The minimum Gasteiger partial charge on any atom is -0.396 e. The smallest absolute Gasteiger partial charge is 0.0509 e. The van der Waals surface area contributed by atoms with Crippen LogP contribution in [0.4, 0.5) is 0 Å². The summed E-state index contributed by atoms with van der Waals surface area (Å²) in [6.07, 6.45) is 1.82. The second-order valence-electron chi connectivity index (χ2n) is 4.36. The molecule has 0 bridgehead atoms. The van der Waals surface area contributed by atoms with Crippen molar-refractivity contribution < 1.29 is 10.2 Å². The first-order valence-electron chi connectivity index (χ1n) is 5.39. The van der Waals surface area contributed by atoms with E-state index in [0.717, 1.165) is 24.3 Å². The Hall–Kier alpha value is 0.270. The molecule has 0 spiro atoms. The predicted octanol–water partition coefficient (Wildman–Crippen LogP) is 2.15. The van der Waals surface area contributed by atoms with E-state index in [1.54, 1.807) is 0 Å². The van der Waals surface area contributed by atoms with Gasteiger partial charge in [-0.2, -0.15) is 11.8 Å². The van der Waals surface area contributed by atoms with Crippen molar-refractivity contribution in [2.75, 3.05) is 24.7 Å². The summed E-state index contributed by atoms with van der Waals surface area (Å²) >= 11 is 1.87. The molecule has 0 fully saturated rings. The van der Waals surface area contributed by atoms with Crippen LogP contribution in [-0.4, -0.2) is 34.9 Å². The molecule has 0 saturated heterocycles. The zero-order valence-electron chi connectivity index (χ0n) is 9.62. The Balaban J connectivity index is 4.07. The first kappa shape index (κ1) is 14.3. The highest BCUT2D eigenvalue weighted by Crippen LogP contribution is 2.30. The van der Waals surface area contributed by atoms with Crippen molar-refractivity contribution in [2.24, 2.45) is 11.3 Å². The molecular weight excluding hydrogens is 196 g/mol. The van der Waals surface area contributed by atoms with Crippen LogP contribution in [0.2, 0.25) is 0 Å². The zero-order valence-corrected chi connectivity index (χ0v) is 10.4. The van der Waals surface area contributed by atoms with Gasteiger partial charge >= 0.3 is 0 Å². The fourth-order valence-corrected chi connectivity index (χ4v) is 2.60. The number of aliphatic hydroxyl groups excluding tert-OH is 2. The molecule has 0 radical (unpaired) electrons. The number of aliphatic hydroxyl groups is 2. The summed E-state index contributed by atoms with van der Waals surface area (Å²) in [5.74, 6) is 2.67. The van der Waals surface area contributed by atoms with Gasteiger partial charge in [-0.25, -0.2) is 0 Å². The van der Waals surface area contributed by atoms with Crippen LogP contribution in [0.25, 0.3) is 0 Å². The molecule has 0 aliphatic carbocycles. The fourth-order valence-electron chi connectivity index (χ4n) is 1.74. The van der Waals surface area contributed by atoms with Gasteiger partial charge in [0.1, 0.15) is 0 Å². The van der Waals surface area contributed by atoms with E-state index < -0.39 is 0 Å². The third kappa shape index (κ3) is 5.23. The summed E-state index contributed by atoms with van der Waals surface area (Å²) in [5, 5.41) is 18.7. The molecular formula is C11H24O2S. The lowest BCUT2D eigenvalue weighted by Gasteiger charge is -2.31. The van der Waals surface area contributed by atoms with E-state index in [1.807, 2.05) is 11.8 Å². The van der Waals surface area contributed by atoms with Crippen LogP contribution < -0.4 is 0 Å². The minimum atomic E-state index is -0.254. The average molecular weight is 220 g/mol. The Labute approximate surface area is 92.1 Å². The van der Waals surface area contributed by atoms with Gasteiger partial charge in [0.25, 0.3) is 0 Å². The fraction of sp³-hybridized carbons (Fsp3) is 1.00. The quantitative estimate of drug-likeness (QED) is 0.616. The van der Waals surface area contributed by atoms with Gasteiger partial charge in [-0.3, -0.25) is 0 Å². The second kappa shape index (κ2) is 7.55. The molecule has 0 aliphatic heterocycles. The summed E-state index contributed by atoms with van der Waals surface area (Å²) in [7, 11) is 0. The summed E-state index contributed by atoms with van der Waals surface area (Å²) in [6, 6.07) is 0. The molecule has 0 unspecified atom stereocenters. The van der Waals surface area contributed by atoms with E-state index in [2.05, 4.69) is 20.8 Å². The zero-order chi connectivity index (χ0) is 11.0. The van der Waals surface area contributed by atoms with Crippen molar-refractivity contribution in [1.82, 2.24) is 0 Å². The van der Waals surface area contributed by atoms with E-state index in [-0.39, 0.29) is 18.6 Å². The van der Waals surface area contributed by atoms with Crippen molar-refractivity contribution in [3.05, 3.63) is 0 Å². The molecule has 2 N–H and O–H groups in total. The largest absolute Gasteiger partial charge is 0.396 e. The molecule has 0 aliphatic rings. The van der Waals surface area contributed by atoms with Gasteiger partial charge in [0.2, 0.25) is 0 Å². The summed E-state index contributed by atoms with van der Waals surface area (Å²) in [6.45, 7) is 6.60. The number of thioether (sulfide) groups is 1. The third-order valence-corrected chi connectivity index (χ3v) is 3.39. The molecule has 14 heavy (non-hydrogen) atoms. The van der Waals surface area contributed by atoms with Crippen molar-refractivity contribution in [1.29, 1.82) is 0 Å². The molecule has 0 amide bonds. The van der Waals surface area contributed by atoms with Gasteiger partial charge in [-0.1, -0.05) is 20.8 Å². The van der Waals surface area contributed by atoms with Crippen LogP contribution >= 0.6 is 11.8 Å². The van der Waals surface area contributed by atoms with Crippen molar-refractivity contribution in [2.45, 2.75) is 33.6 Å². The van der Waals surface area contributed by atoms with Crippen LogP contribution in [-0.2, 0) is 0 Å². The topological polar surface area (TPSA) is 40.5 Å². The van der Waals surface area contributed by atoms with Gasteiger partial charge in [0.05, 0.1) is 13.2 Å². The standard InChI is InChI=1S/C11H24O2S/c1-4-14-6-5-11(8-12,9-13)7-10(2)3/h10,12-13H,4-9H2,1-3H3. The monoisotopic (exact) mass is 220 g/mol. The molecule has 0 aromatic rings. The molecule has 0 heterocycles. The van der Waals surface area contributed by atoms with E-state index >= 15 is 0 Å². The summed E-state index contributed by atoms with van der Waals surface area (Å²) < 4.78 is 0. The molecule has 2 nitrogen and oxygen atoms in total. The van der Waals surface area contributed by atoms with E-state index in [4.69, 9.17) is 0 Å². The van der Waals surface area contributed by atoms with Crippen LogP contribution in [0.3, 0.4) is 0 Å². The number of rotatable bonds is 8. The van der Waals surface area contributed by atoms with Crippen molar-refractivity contribution in [3.63, 3.8) is 0 Å².